The lowest BCUT2D eigenvalue weighted by Crippen LogP contribution is -2.81. The molecule has 5 heterocycles. The van der Waals surface area contributed by atoms with Crippen molar-refractivity contribution in [3.05, 3.63) is 142 Å². The number of fused-ring (bicyclic) bond motifs is 10. The molecule has 2 aromatic carbocycles. The van der Waals surface area contributed by atoms with Crippen LogP contribution in [0, 0.1) is 57.2 Å². The monoisotopic (exact) mass is 1700 g/mol. The van der Waals surface area contributed by atoms with E-state index in [0.29, 0.717) is 28.1 Å². The first-order valence-corrected chi connectivity index (χ1v) is 41.8. The number of amides is 3. The largest absolute Gasteiger partial charge is 0.467 e. The quantitative estimate of drug-likeness (QED) is 0.0350. The summed E-state index contributed by atoms with van der Waals surface area (Å²) in [5.74, 6) is -10.7. The maximum atomic E-state index is 15.6. The molecule has 4 N–H and O–H groups in total. The fourth-order valence-electron chi connectivity index (χ4n) is 20.9. The molecule has 9 aliphatic rings. The van der Waals surface area contributed by atoms with Gasteiger partial charge in [0.15, 0.2) is 11.2 Å². The summed E-state index contributed by atoms with van der Waals surface area (Å²) in [6, 6.07) is 21.6. The van der Waals surface area contributed by atoms with Crippen LogP contribution in [0.3, 0.4) is 0 Å². The summed E-state index contributed by atoms with van der Waals surface area (Å²) >= 11 is 0. The van der Waals surface area contributed by atoms with Crippen molar-refractivity contribution >= 4 is 71.4 Å². The van der Waals surface area contributed by atoms with Crippen molar-refractivity contribution in [2.75, 3.05) is 13.2 Å². The number of hydrogen-bond donors (Lipinski definition) is 4. The Bertz CT molecular complexity index is 4740. The van der Waals surface area contributed by atoms with Gasteiger partial charge in [0.1, 0.15) is 100 Å². The summed E-state index contributed by atoms with van der Waals surface area (Å²) in [6.07, 6.45) is -8.36. The molecule has 2 unspecified atom stereocenters. The number of aliphatic hydroxyl groups excluding tert-OH is 1. The predicted molar refractivity (Wildman–Crippen MR) is 433 cm³/mol. The summed E-state index contributed by atoms with van der Waals surface area (Å²) in [5, 5.41) is 40.8. The van der Waals surface area contributed by atoms with Crippen LogP contribution in [0.5, 0.6) is 0 Å². The Morgan fingerprint density at radius 1 is 0.574 bits per heavy atom. The van der Waals surface area contributed by atoms with Crippen LogP contribution in [0.15, 0.2) is 129 Å². The molecule has 4 bridgehead atoms. The molecule has 122 heavy (non-hydrogen) atoms. The lowest BCUT2D eigenvalue weighted by Gasteiger charge is -2.67. The van der Waals surface area contributed by atoms with Crippen molar-refractivity contribution in [2.24, 2.45) is 57.2 Å². The minimum Gasteiger partial charge on any atom is -0.467 e. The minimum atomic E-state index is -2.17. The highest BCUT2D eigenvalue weighted by molar-refractivity contribution is 6.00. The van der Waals surface area contributed by atoms with Crippen LogP contribution in [0.4, 0.5) is 9.59 Å². The van der Waals surface area contributed by atoms with Crippen molar-refractivity contribution < 1.29 is 134 Å². The van der Waals surface area contributed by atoms with Gasteiger partial charge in [0, 0.05) is 75.0 Å². The number of hydrogen-bond acceptors (Lipinski definition) is 28. The van der Waals surface area contributed by atoms with Crippen molar-refractivity contribution in [1.29, 1.82) is 0 Å². The number of β-lactam (4-membered cyclic amide) rings is 1. The highest BCUT2D eigenvalue weighted by Gasteiger charge is 2.81. The number of nitrogens with one attached hydrogen (secondary N) is 1. The maximum absolute atomic E-state index is 15.6. The van der Waals surface area contributed by atoms with Gasteiger partial charge in [-0.25, -0.2) is 24.1 Å². The Hall–Kier alpha value is -9.88. The lowest BCUT2D eigenvalue weighted by molar-refractivity contribution is -0.346. The van der Waals surface area contributed by atoms with Gasteiger partial charge in [0.05, 0.1) is 77.5 Å². The van der Waals surface area contributed by atoms with E-state index in [1.165, 1.54) is 26.4 Å². The van der Waals surface area contributed by atoms with Crippen LogP contribution in [-0.4, -0.2) is 187 Å². The fraction of sp³-hybridized carbons (Fsp3) is 0.609. The van der Waals surface area contributed by atoms with E-state index in [2.05, 4.69) is 5.32 Å². The molecule has 7 fully saturated rings. The molecule has 22 atom stereocenters. The fourth-order valence-corrected chi connectivity index (χ4v) is 20.9. The number of imide groups is 1. The molecule has 4 aromatic rings. The third kappa shape index (κ3) is 16.2. The van der Waals surface area contributed by atoms with Crippen molar-refractivity contribution in [2.45, 2.75) is 285 Å². The number of esters is 7. The SMILES string of the molecule is CCC(=O)O[C@H]1C[C@H]2OC[C@@]2(OC(C)=O)C2[C@H](OC(=O)c3ccccc3)[C@]3(O)C[C@H](O)C(C)=C([C@@H](C)C(=O)[C@@]21C)C3(C)C.CCC(=O)O[C@H]1C[C@H]2OC[C@@]2(OC(C)=O)C2[C@H](OC(=O)c3ccccc3)[C@]3(O)C[C@H](OC(=O)[C@H](C)[C@@H](NC(=O)OC(C)(C)C)c4ccco4)C(C)=C([C@@H](C)C(=O)[C@@]21C)C3(C)C.C[C@H]1C(=O)N(C(=O)OC(C)(C)C)[C@H]1c1ccco1. The summed E-state index contributed by atoms with van der Waals surface area (Å²) < 4.78 is 77.0. The predicted octanol–water partition coefficient (Wildman–Crippen LogP) is 12.4. The molecule has 3 saturated heterocycles. The van der Waals surface area contributed by atoms with Crippen molar-refractivity contribution in [3.63, 3.8) is 0 Å². The van der Waals surface area contributed by atoms with Crippen LogP contribution in [-0.2, 0) is 90.5 Å². The number of alkyl carbamates (subject to hydrolysis) is 1. The number of furan rings is 2. The summed E-state index contributed by atoms with van der Waals surface area (Å²) in [6.45, 7) is 36.3. The summed E-state index contributed by atoms with van der Waals surface area (Å²) in [7, 11) is 0. The highest BCUT2D eigenvalue weighted by Crippen LogP contribution is 2.68. The Morgan fingerprint density at radius 2 is 1.01 bits per heavy atom. The van der Waals surface area contributed by atoms with Gasteiger partial charge in [-0.15, -0.1) is 0 Å². The van der Waals surface area contributed by atoms with Gasteiger partial charge >= 0.3 is 54.0 Å². The Labute approximate surface area is 710 Å². The molecule has 13 rings (SSSR count). The average molecular weight is 1700 g/mol. The number of likely N-dealkylation sites (tertiary alicyclic amines) is 1. The smallest absolute Gasteiger partial charge is 0.417 e. The number of carbonyl (C=O) groups excluding carboxylic acids is 12. The number of ketones is 2. The van der Waals surface area contributed by atoms with Crippen molar-refractivity contribution in [3.8, 4) is 0 Å². The number of rotatable bonds is 16. The number of carbonyl (C=O) groups is 12. The van der Waals surface area contributed by atoms with E-state index in [-0.39, 0.29) is 92.3 Å². The number of ether oxygens (including phenoxy) is 11. The van der Waals surface area contributed by atoms with Crippen LogP contribution < -0.4 is 5.32 Å². The van der Waals surface area contributed by atoms with Gasteiger partial charge in [0.2, 0.25) is 5.91 Å². The van der Waals surface area contributed by atoms with Crippen LogP contribution in [0.2, 0.25) is 0 Å². The average Bonchev–Trinajstić information content (AvgIpc) is 0.720. The van der Waals surface area contributed by atoms with Gasteiger partial charge in [0.25, 0.3) is 0 Å². The molecular weight excluding hydrogens is 1580 g/mol. The summed E-state index contributed by atoms with van der Waals surface area (Å²) in [4.78, 5) is 163. The topological polar surface area (TPSA) is 409 Å². The van der Waals surface area contributed by atoms with E-state index in [0.717, 1.165) is 4.90 Å². The van der Waals surface area contributed by atoms with E-state index in [1.54, 1.807) is 223 Å². The van der Waals surface area contributed by atoms with Crippen LogP contribution in [0.1, 0.15) is 235 Å². The maximum Gasteiger partial charge on any atom is 0.417 e. The molecule has 0 radical (unpaired) electrons. The third-order valence-corrected chi connectivity index (χ3v) is 27.0. The molecule has 664 valence electrons. The Balaban J connectivity index is 0.000000205. The minimum absolute atomic E-state index is 0.00516. The van der Waals surface area contributed by atoms with Gasteiger partial charge in [-0.2, -0.15) is 0 Å². The van der Waals surface area contributed by atoms with Gasteiger partial charge in [-0.1, -0.05) is 98.7 Å². The molecule has 0 spiro atoms. The molecule has 3 amide bonds. The molecule has 30 heteroatoms. The van der Waals surface area contributed by atoms with E-state index in [9.17, 15) is 68.1 Å². The molecule has 2 aromatic heterocycles. The molecule has 3 aliphatic heterocycles. The first-order chi connectivity index (χ1) is 56.8. The number of Topliss-reactive ketones (excluding diaryl/α,β-unsaturated/α-hetero) is 2. The van der Waals surface area contributed by atoms with Crippen molar-refractivity contribution in [1.82, 2.24) is 10.2 Å². The van der Waals surface area contributed by atoms with Gasteiger partial charge in [-0.05, 0) is 147 Å². The lowest BCUT2D eigenvalue weighted by atomic mass is 9.43. The molecule has 4 saturated carbocycles. The number of benzene rings is 2. The first kappa shape index (κ1) is 92.8. The second-order valence-electron chi connectivity index (χ2n) is 37.4. The molecule has 6 aliphatic carbocycles. The summed E-state index contributed by atoms with van der Waals surface area (Å²) in [5.41, 5.74) is -12.2. The standard InChI is InChI=1S/C46H59NO14.C33H42O10.C13H17NO4/c1-12-33(49)58-31-21-32-45(23-56-32,60-27(5)48)36-38(59-40(52)28-17-14-13-15-18-28)46(54)22-30(24(2)34(43(46,9)10)25(3)37(50)44(31,36)11)57-39(51)26(4)35(29-19-16-20-55-29)47-41(53)61-42(6,7)8;1-8-24(36)41-22-14-23-32(16-40-23,43-19(4)34)26-28(42-29(38)20-12-10-9-11-13-20)33(39)15-21(35)17(2)25(30(33,5)6)18(3)27(37)31(22,26)7;1-8-10(9-6-5-7-17-9)14(11(8)15)12(16)18-13(2,3)4/h13-20,25-26,30-32,35-36,38,54H,12,21-23H2,1-11H3,(H,47,53);9-13,18,21-23,26,28,35,39H,8,14-16H2,1-7H3;5-8,10H,1-4H3/t25-,26-,30+,31+,32-,35-,36?,38+,44-,45+,46-;18-,21+,22+,23-,26?,28+,31-,32+,33-;8-,10-/m111/s1. The van der Waals surface area contributed by atoms with E-state index in [4.69, 9.17) is 60.9 Å². The zero-order valence-corrected chi connectivity index (χ0v) is 73.6. The number of aliphatic hydroxyl groups is 3. The second-order valence-corrected chi connectivity index (χ2v) is 37.4. The van der Waals surface area contributed by atoms with E-state index >= 15 is 4.79 Å². The third-order valence-electron chi connectivity index (χ3n) is 27.0. The molecular formula is C92H118N2O28. The molecule has 30 nitrogen and oxygen atoms in total. The van der Waals surface area contributed by atoms with Crippen LogP contribution >= 0.6 is 0 Å². The first-order valence-electron chi connectivity index (χ1n) is 41.8. The highest BCUT2D eigenvalue weighted by atomic mass is 16.7. The van der Waals surface area contributed by atoms with E-state index in [1.807, 2.05) is 0 Å². The van der Waals surface area contributed by atoms with Crippen LogP contribution in [0.25, 0.3) is 0 Å². The number of nitrogens with zero attached hydrogens (tertiary/aromatic N) is 1. The zero-order valence-electron chi connectivity index (χ0n) is 73.6. The Morgan fingerprint density at radius 3 is 1.40 bits per heavy atom. The Kier molecular flexibility index (Phi) is 25.9. The zero-order chi connectivity index (χ0) is 90.2. The van der Waals surface area contributed by atoms with E-state index < -0.39 is 199 Å². The second kappa shape index (κ2) is 34.0. The van der Waals surface area contributed by atoms with Gasteiger partial charge in [-0.3, -0.25) is 38.4 Å². The van der Waals surface area contributed by atoms with Gasteiger partial charge < -0.3 is 81.6 Å². The normalized spacial score (nSPS) is 33.8.